The van der Waals surface area contributed by atoms with E-state index in [0.717, 1.165) is 6.42 Å². The van der Waals surface area contributed by atoms with E-state index >= 15 is 0 Å². The molecule has 0 spiro atoms. The van der Waals surface area contributed by atoms with Crippen LogP contribution >= 0.6 is 0 Å². The maximum absolute atomic E-state index is 11.8. The van der Waals surface area contributed by atoms with Gasteiger partial charge in [-0.3, -0.25) is 4.79 Å². The van der Waals surface area contributed by atoms with Gasteiger partial charge in [-0.25, -0.2) is 9.78 Å². The molecule has 0 aromatic carbocycles. The number of anilines is 1. The van der Waals surface area contributed by atoms with E-state index < -0.39 is 12.0 Å². The Hall–Kier alpha value is -2.11. The lowest BCUT2D eigenvalue weighted by Crippen LogP contribution is -2.38. The number of aromatic nitrogens is 1. The molecule has 0 aliphatic rings. The zero-order valence-electron chi connectivity index (χ0n) is 12.1. The first-order chi connectivity index (χ1) is 9.47. The molecule has 0 aliphatic heterocycles. The third-order valence-electron chi connectivity index (χ3n) is 2.79. The predicted octanol–water partition coefficient (Wildman–Crippen LogP) is 1.67. The molecule has 3 N–H and O–H groups in total. The Kier molecular flexibility index (Phi) is 5.96. The second-order valence-corrected chi connectivity index (χ2v) is 4.55. The van der Waals surface area contributed by atoms with E-state index in [1.54, 1.807) is 6.92 Å². The number of nitrogens with zero attached hydrogens (tertiary/aromatic N) is 1. The Labute approximate surface area is 118 Å². The number of carboxylic acids is 1. The molecule has 1 rings (SSSR count). The summed E-state index contributed by atoms with van der Waals surface area (Å²) in [5.41, 5.74) is 0.842. The molecule has 0 saturated carbocycles. The van der Waals surface area contributed by atoms with E-state index in [0.29, 0.717) is 24.5 Å². The zero-order chi connectivity index (χ0) is 15.1. The van der Waals surface area contributed by atoms with Crippen molar-refractivity contribution < 1.29 is 14.7 Å². The van der Waals surface area contributed by atoms with E-state index in [9.17, 15) is 9.59 Å². The van der Waals surface area contributed by atoms with Gasteiger partial charge in [0.2, 0.25) is 5.91 Å². The fourth-order valence-corrected chi connectivity index (χ4v) is 1.65. The number of amides is 1. The fraction of sp³-hybridized carbons (Fsp3) is 0.500. The van der Waals surface area contributed by atoms with Crippen LogP contribution in [-0.2, 0) is 11.2 Å². The molecule has 1 aromatic heterocycles. The minimum Gasteiger partial charge on any atom is -0.478 e. The number of hydrogen-bond acceptors (Lipinski definition) is 4. The monoisotopic (exact) mass is 279 g/mol. The van der Waals surface area contributed by atoms with Gasteiger partial charge in [-0.2, -0.15) is 0 Å². The van der Waals surface area contributed by atoms with Gasteiger partial charge in [0.25, 0.3) is 0 Å². The van der Waals surface area contributed by atoms with Crippen molar-refractivity contribution in [3.8, 4) is 0 Å². The van der Waals surface area contributed by atoms with E-state index in [-0.39, 0.29) is 11.5 Å². The first kappa shape index (κ1) is 15.9. The van der Waals surface area contributed by atoms with Gasteiger partial charge in [-0.15, -0.1) is 0 Å². The first-order valence-corrected chi connectivity index (χ1v) is 6.76. The largest absolute Gasteiger partial charge is 0.478 e. The van der Waals surface area contributed by atoms with E-state index in [1.165, 1.54) is 12.1 Å². The van der Waals surface area contributed by atoms with Crippen molar-refractivity contribution in [1.82, 2.24) is 10.3 Å². The van der Waals surface area contributed by atoms with E-state index in [1.807, 2.05) is 13.8 Å². The molecule has 0 radical (unpaired) electrons. The lowest BCUT2D eigenvalue weighted by molar-refractivity contribution is -0.121. The summed E-state index contributed by atoms with van der Waals surface area (Å²) in [6, 6.07) is 2.50. The number of rotatable bonds is 7. The quantitative estimate of drug-likeness (QED) is 0.706. The van der Waals surface area contributed by atoms with E-state index in [4.69, 9.17) is 5.11 Å². The number of pyridine rings is 1. The normalized spacial score (nSPS) is 11.8. The third kappa shape index (κ3) is 4.53. The Balaban J connectivity index is 2.83. The maximum Gasteiger partial charge on any atom is 0.335 e. The molecule has 0 fully saturated rings. The highest BCUT2D eigenvalue weighted by Crippen LogP contribution is 2.12. The molecule has 1 heterocycles. The minimum absolute atomic E-state index is 0.132. The fourth-order valence-electron chi connectivity index (χ4n) is 1.65. The summed E-state index contributed by atoms with van der Waals surface area (Å²) in [5, 5.41) is 14.8. The lowest BCUT2D eigenvalue weighted by Gasteiger charge is -2.15. The second kappa shape index (κ2) is 7.47. The van der Waals surface area contributed by atoms with Crippen molar-refractivity contribution in [2.45, 2.75) is 39.7 Å². The first-order valence-electron chi connectivity index (χ1n) is 6.76. The van der Waals surface area contributed by atoms with Crippen molar-refractivity contribution in [3.05, 3.63) is 23.4 Å². The Morgan fingerprint density at radius 2 is 2.05 bits per heavy atom. The van der Waals surface area contributed by atoms with Crippen LogP contribution in [0, 0.1) is 0 Å². The molecule has 0 bridgehead atoms. The van der Waals surface area contributed by atoms with Gasteiger partial charge >= 0.3 is 5.97 Å². The molecule has 110 valence electrons. The van der Waals surface area contributed by atoms with Crippen LogP contribution in [0.3, 0.4) is 0 Å². The van der Waals surface area contributed by atoms with Crippen LogP contribution in [-0.4, -0.2) is 34.6 Å². The van der Waals surface area contributed by atoms with Crippen LogP contribution in [0.4, 0.5) is 5.82 Å². The smallest absolute Gasteiger partial charge is 0.335 e. The highest BCUT2D eigenvalue weighted by Gasteiger charge is 2.14. The molecular weight excluding hydrogens is 258 g/mol. The average Bonchev–Trinajstić information content (AvgIpc) is 2.43. The molecule has 1 unspecified atom stereocenters. The van der Waals surface area contributed by atoms with Gasteiger partial charge in [0, 0.05) is 12.2 Å². The summed E-state index contributed by atoms with van der Waals surface area (Å²) < 4.78 is 0. The van der Waals surface area contributed by atoms with Crippen LogP contribution in [0.15, 0.2) is 12.1 Å². The number of carbonyl (C=O) groups excluding carboxylic acids is 1. The molecule has 0 aliphatic carbocycles. The van der Waals surface area contributed by atoms with Gasteiger partial charge in [0.15, 0.2) is 0 Å². The molecular formula is C14H21N3O3. The van der Waals surface area contributed by atoms with Crippen LogP contribution < -0.4 is 10.6 Å². The van der Waals surface area contributed by atoms with Crippen molar-refractivity contribution in [3.63, 3.8) is 0 Å². The molecule has 1 amide bonds. The van der Waals surface area contributed by atoms with Crippen LogP contribution in [0.2, 0.25) is 0 Å². The summed E-state index contributed by atoms with van der Waals surface area (Å²) in [5.74, 6) is -0.735. The standard InChI is InChI=1S/C14H21N3O3/c1-4-6-15-13(18)9(3)16-12-8-10(14(19)20)7-11(5-2)17-12/h7-9H,4-6H2,1-3H3,(H,15,18)(H,16,17)(H,19,20). The minimum atomic E-state index is -1.01. The van der Waals surface area contributed by atoms with Crippen molar-refractivity contribution in [1.29, 1.82) is 0 Å². The van der Waals surface area contributed by atoms with Crippen molar-refractivity contribution in [2.24, 2.45) is 0 Å². The molecule has 1 atom stereocenters. The number of aryl methyl sites for hydroxylation is 1. The second-order valence-electron chi connectivity index (χ2n) is 4.55. The molecule has 6 heteroatoms. The molecule has 1 aromatic rings. The van der Waals surface area contributed by atoms with E-state index in [2.05, 4.69) is 15.6 Å². The number of aromatic carboxylic acids is 1. The number of nitrogens with one attached hydrogen (secondary N) is 2. The zero-order valence-corrected chi connectivity index (χ0v) is 12.1. The predicted molar refractivity (Wildman–Crippen MR) is 77.0 cm³/mol. The van der Waals surface area contributed by atoms with Crippen LogP contribution in [0.5, 0.6) is 0 Å². The van der Waals surface area contributed by atoms with Crippen molar-refractivity contribution >= 4 is 17.7 Å². The molecule has 6 nitrogen and oxygen atoms in total. The third-order valence-corrected chi connectivity index (χ3v) is 2.79. The van der Waals surface area contributed by atoms with Gasteiger partial charge in [0.1, 0.15) is 11.9 Å². The molecule has 20 heavy (non-hydrogen) atoms. The lowest BCUT2D eigenvalue weighted by atomic mass is 10.2. The molecule has 0 saturated heterocycles. The van der Waals surface area contributed by atoms with Crippen LogP contribution in [0.1, 0.15) is 43.2 Å². The number of carboxylic acid groups (broad SMARTS) is 1. The van der Waals surface area contributed by atoms with Gasteiger partial charge < -0.3 is 15.7 Å². The van der Waals surface area contributed by atoms with Crippen molar-refractivity contribution in [2.75, 3.05) is 11.9 Å². The maximum atomic E-state index is 11.8. The Morgan fingerprint density at radius 1 is 1.35 bits per heavy atom. The Morgan fingerprint density at radius 3 is 2.60 bits per heavy atom. The number of carbonyl (C=O) groups is 2. The summed E-state index contributed by atoms with van der Waals surface area (Å²) in [6.07, 6.45) is 1.50. The van der Waals surface area contributed by atoms with Gasteiger partial charge in [0.05, 0.1) is 5.56 Å². The van der Waals surface area contributed by atoms with Crippen LogP contribution in [0.25, 0.3) is 0 Å². The summed E-state index contributed by atoms with van der Waals surface area (Å²) in [6.45, 7) is 6.21. The van der Waals surface area contributed by atoms with Gasteiger partial charge in [-0.05, 0) is 31.9 Å². The summed E-state index contributed by atoms with van der Waals surface area (Å²) in [4.78, 5) is 27.1. The highest BCUT2D eigenvalue weighted by atomic mass is 16.4. The number of hydrogen-bond donors (Lipinski definition) is 3. The summed E-state index contributed by atoms with van der Waals surface area (Å²) >= 11 is 0. The Bertz CT molecular complexity index is 489. The highest BCUT2D eigenvalue weighted by molar-refractivity contribution is 5.89. The SMILES string of the molecule is CCCNC(=O)C(C)Nc1cc(C(=O)O)cc(CC)n1. The summed E-state index contributed by atoms with van der Waals surface area (Å²) in [7, 11) is 0. The van der Waals surface area contributed by atoms with Gasteiger partial charge in [-0.1, -0.05) is 13.8 Å². The topological polar surface area (TPSA) is 91.3 Å². The average molecular weight is 279 g/mol.